The van der Waals surface area contributed by atoms with Crippen molar-refractivity contribution in [3.8, 4) is 0 Å². The lowest BCUT2D eigenvalue weighted by atomic mass is 9.80. The summed E-state index contributed by atoms with van der Waals surface area (Å²) in [5, 5.41) is 9.23. The number of methoxy groups -OCH3 is 1. The van der Waals surface area contributed by atoms with Gasteiger partial charge in [0.2, 0.25) is 0 Å². The van der Waals surface area contributed by atoms with Gasteiger partial charge in [0.25, 0.3) is 0 Å². The number of carbonyl (C=O) groups is 3. The van der Waals surface area contributed by atoms with E-state index >= 15 is 0 Å². The molecule has 0 unspecified atom stereocenters. The summed E-state index contributed by atoms with van der Waals surface area (Å²) >= 11 is 0. The lowest BCUT2D eigenvalue weighted by molar-refractivity contribution is -0.154. The molecule has 0 aliphatic carbocycles. The Kier molecular flexibility index (Phi) is 10.2. The number of aliphatic hydroxyl groups is 1. The van der Waals surface area contributed by atoms with Gasteiger partial charge in [-0.2, -0.15) is 0 Å². The number of aliphatic hydroxyl groups excluding tert-OH is 1. The summed E-state index contributed by atoms with van der Waals surface area (Å²) < 4.78 is 15.4. The van der Waals surface area contributed by atoms with Crippen LogP contribution in [-0.2, 0) is 19.0 Å². The van der Waals surface area contributed by atoms with Crippen molar-refractivity contribution in [3.05, 3.63) is 0 Å². The molecule has 0 aromatic heterocycles. The molecular weight excluding hydrogens is 440 g/mol. The monoisotopic (exact) mass is 486 g/mol. The maximum absolute atomic E-state index is 11.9. The third-order valence-corrected chi connectivity index (χ3v) is 6.20. The third kappa shape index (κ3) is 9.68. The van der Waals surface area contributed by atoms with Crippen molar-refractivity contribution in [2.24, 2.45) is 10.8 Å². The second-order valence-electron chi connectivity index (χ2n) is 12.0. The Morgan fingerprint density at radius 3 is 1.41 bits per heavy atom. The maximum Gasteiger partial charge on any atom is 0.410 e. The van der Waals surface area contributed by atoms with E-state index in [-0.39, 0.29) is 30.2 Å². The van der Waals surface area contributed by atoms with E-state index in [1.54, 1.807) is 9.80 Å². The van der Waals surface area contributed by atoms with Crippen LogP contribution in [0, 0.1) is 10.8 Å². The highest BCUT2D eigenvalue weighted by molar-refractivity contribution is 5.77. The highest BCUT2D eigenvalue weighted by Gasteiger charge is 2.40. The van der Waals surface area contributed by atoms with Crippen LogP contribution >= 0.6 is 0 Å². The standard InChI is InChI=1S/C13H23NO4.C12H23NO3/c1-12(2,3)18-11(16)14-8-6-13(4,7-9-14)10(15)17-5;1-11(2,3)16-10(15)13-7-5-12(4,9-14)6-8-13/h6-9H2,1-5H3;14H,5-9H2,1-4H3. The first-order valence-electron chi connectivity index (χ1n) is 12.1. The summed E-state index contributed by atoms with van der Waals surface area (Å²) in [6.07, 6.45) is 2.34. The molecule has 2 heterocycles. The minimum atomic E-state index is -0.486. The normalized spacial score (nSPS) is 19.9. The second kappa shape index (κ2) is 11.6. The topological polar surface area (TPSA) is 106 Å². The minimum Gasteiger partial charge on any atom is -0.469 e. The summed E-state index contributed by atoms with van der Waals surface area (Å²) in [6, 6.07) is 0. The first-order chi connectivity index (χ1) is 15.4. The maximum atomic E-state index is 11.9. The number of likely N-dealkylation sites (tertiary alicyclic amines) is 2. The highest BCUT2D eigenvalue weighted by atomic mass is 16.6. The summed E-state index contributed by atoms with van der Waals surface area (Å²) in [4.78, 5) is 38.6. The van der Waals surface area contributed by atoms with Crippen molar-refractivity contribution in [3.63, 3.8) is 0 Å². The van der Waals surface area contributed by atoms with Crippen LogP contribution in [0.25, 0.3) is 0 Å². The van der Waals surface area contributed by atoms with Crippen LogP contribution in [0.4, 0.5) is 9.59 Å². The second-order valence-corrected chi connectivity index (χ2v) is 12.0. The molecule has 2 rings (SSSR count). The van der Waals surface area contributed by atoms with Crippen LogP contribution in [0.1, 0.15) is 81.1 Å². The fraction of sp³-hybridized carbons (Fsp3) is 0.880. The van der Waals surface area contributed by atoms with Gasteiger partial charge in [-0.1, -0.05) is 6.92 Å². The van der Waals surface area contributed by atoms with Gasteiger partial charge in [-0.25, -0.2) is 9.59 Å². The summed E-state index contributed by atoms with van der Waals surface area (Å²) in [6.45, 7) is 17.7. The summed E-state index contributed by atoms with van der Waals surface area (Å²) in [7, 11) is 1.40. The van der Waals surface area contributed by atoms with Gasteiger partial charge < -0.3 is 29.1 Å². The van der Waals surface area contributed by atoms with Crippen LogP contribution < -0.4 is 0 Å². The van der Waals surface area contributed by atoms with Crippen molar-refractivity contribution < 1.29 is 33.7 Å². The fourth-order valence-corrected chi connectivity index (χ4v) is 3.67. The summed E-state index contributed by atoms with van der Waals surface area (Å²) in [5.41, 5.74) is -1.43. The number of hydrogen-bond acceptors (Lipinski definition) is 7. The number of nitrogens with zero attached hydrogens (tertiary/aromatic N) is 2. The first-order valence-corrected chi connectivity index (χ1v) is 12.1. The molecule has 2 fully saturated rings. The van der Waals surface area contributed by atoms with Gasteiger partial charge in [-0.3, -0.25) is 4.79 Å². The number of esters is 1. The van der Waals surface area contributed by atoms with Gasteiger partial charge in [0.15, 0.2) is 0 Å². The fourth-order valence-electron chi connectivity index (χ4n) is 3.67. The molecule has 0 saturated carbocycles. The molecule has 2 amide bonds. The van der Waals surface area contributed by atoms with Crippen LogP contribution in [-0.4, -0.2) is 84.2 Å². The Labute approximate surface area is 205 Å². The molecule has 2 aliphatic rings. The van der Waals surface area contributed by atoms with Crippen LogP contribution in [0.5, 0.6) is 0 Å². The molecule has 9 nitrogen and oxygen atoms in total. The Hall–Kier alpha value is -2.03. The van der Waals surface area contributed by atoms with E-state index in [2.05, 4.69) is 6.92 Å². The average molecular weight is 487 g/mol. The zero-order chi connectivity index (χ0) is 26.4. The number of rotatable bonds is 2. The lowest BCUT2D eigenvalue weighted by Crippen LogP contribution is -2.47. The molecule has 0 radical (unpaired) electrons. The van der Waals surface area contributed by atoms with Gasteiger partial charge in [0.1, 0.15) is 11.2 Å². The van der Waals surface area contributed by atoms with E-state index in [9.17, 15) is 19.5 Å². The SMILES string of the molecule is CC1(CO)CCN(C(=O)OC(C)(C)C)CC1.COC(=O)C1(C)CCN(C(=O)OC(C)(C)C)CC1. The molecule has 0 spiro atoms. The lowest BCUT2D eigenvalue weighted by Gasteiger charge is -2.38. The predicted molar refractivity (Wildman–Crippen MR) is 129 cm³/mol. The number of amides is 2. The number of carbonyl (C=O) groups excluding carboxylic acids is 3. The van der Waals surface area contributed by atoms with E-state index in [0.29, 0.717) is 39.0 Å². The molecule has 2 saturated heterocycles. The van der Waals surface area contributed by atoms with Crippen molar-refractivity contribution in [1.29, 1.82) is 0 Å². The van der Waals surface area contributed by atoms with Crippen molar-refractivity contribution in [2.75, 3.05) is 39.9 Å². The van der Waals surface area contributed by atoms with Crippen LogP contribution in [0.3, 0.4) is 0 Å². The molecule has 34 heavy (non-hydrogen) atoms. The van der Waals surface area contributed by atoms with Gasteiger partial charge in [-0.05, 0) is 79.6 Å². The van der Waals surface area contributed by atoms with E-state index in [4.69, 9.17) is 14.2 Å². The Morgan fingerprint density at radius 2 is 1.12 bits per heavy atom. The van der Waals surface area contributed by atoms with Crippen LogP contribution in [0.15, 0.2) is 0 Å². The Morgan fingerprint density at radius 1 is 0.765 bits per heavy atom. The Bertz CT molecular complexity index is 693. The van der Waals surface area contributed by atoms with Crippen molar-refractivity contribution >= 4 is 18.2 Å². The molecule has 0 atom stereocenters. The number of hydrogen-bond donors (Lipinski definition) is 1. The average Bonchev–Trinajstić information content (AvgIpc) is 2.72. The smallest absolute Gasteiger partial charge is 0.410 e. The molecule has 198 valence electrons. The quantitative estimate of drug-likeness (QED) is 0.460. The van der Waals surface area contributed by atoms with Gasteiger partial charge >= 0.3 is 18.2 Å². The van der Waals surface area contributed by atoms with E-state index in [1.807, 2.05) is 48.5 Å². The molecule has 2 aliphatic heterocycles. The van der Waals surface area contributed by atoms with Crippen molar-refractivity contribution in [1.82, 2.24) is 9.80 Å². The largest absolute Gasteiger partial charge is 0.469 e. The first kappa shape index (κ1) is 30.0. The molecular formula is C25H46N2O7. The number of piperidine rings is 2. The Balaban J connectivity index is 0.000000342. The van der Waals surface area contributed by atoms with Gasteiger partial charge in [0, 0.05) is 32.8 Å². The molecule has 0 aromatic rings. The summed E-state index contributed by atoms with van der Waals surface area (Å²) in [5.74, 6) is -0.202. The van der Waals surface area contributed by atoms with Crippen LogP contribution in [0.2, 0.25) is 0 Å². The molecule has 0 bridgehead atoms. The number of ether oxygens (including phenoxy) is 3. The molecule has 1 N–H and O–H groups in total. The van der Waals surface area contributed by atoms with E-state index < -0.39 is 16.6 Å². The van der Waals surface area contributed by atoms with E-state index in [1.165, 1.54) is 7.11 Å². The van der Waals surface area contributed by atoms with Crippen molar-refractivity contribution in [2.45, 2.75) is 92.3 Å². The zero-order valence-corrected chi connectivity index (χ0v) is 22.7. The zero-order valence-electron chi connectivity index (χ0n) is 22.7. The molecule has 9 heteroatoms. The van der Waals surface area contributed by atoms with Gasteiger partial charge in [-0.15, -0.1) is 0 Å². The van der Waals surface area contributed by atoms with Gasteiger partial charge in [0.05, 0.1) is 12.5 Å². The predicted octanol–water partition coefficient (Wildman–Crippen LogP) is 4.21. The highest BCUT2D eigenvalue weighted by Crippen LogP contribution is 2.33. The molecule has 0 aromatic carbocycles. The van der Waals surface area contributed by atoms with E-state index in [0.717, 1.165) is 12.8 Å². The third-order valence-electron chi connectivity index (χ3n) is 6.20. The minimum absolute atomic E-state index is 0.0293.